The van der Waals surface area contributed by atoms with Gasteiger partial charge < -0.3 is 5.11 Å². The van der Waals surface area contributed by atoms with E-state index in [2.05, 4.69) is 25.6 Å². The zero-order valence-electron chi connectivity index (χ0n) is 14.0. The summed E-state index contributed by atoms with van der Waals surface area (Å²) in [5.74, 6) is -0.238. The minimum absolute atomic E-state index is 0.238. The van der Waals surface area contributed by atoms with E-state index in [1.165, 1.54) is 12.1 Å². The largest absolute Gasteiger partial charge is 0.362 e. The number of hydrazone groups is 1. The van der Waals surface area contributed by atoms with Crippen LogP contribution in [0.1, 0.15) is 36.8 Å². The number of fused-ring (bicyclic) bond motifs is 1. The molecule has 0 aromatic heterocycles. The molecule has 1 N–H and O–H groups in total. The number of benzene rings is 2. The topological polar surface area (TPSA) is 26.5 Å². The Morgan fingerprint density at radius 3 is 2.44 bits per heavy atom. The number of hydrogen-bond acceptors (Lipinski definition) is 2. The molecule has 25 heavy (non-hydrogen) atoms. The molecule has 4 rings (SSSR count). The molecule has 0 radical (unpaired) electrons. The van der Waals surface area contributed by atoms with Crippen LogP contribution in [-0.2, 0) is 5.72 Å². The standard InChI is InChI=1S/C20H21BrFN2O/c21-17-8-6-16(7-9-17)20(25)14-19(15-4-10-18(22)11-5-15)23-12-2-1-3-13-24(20)23/h4-11,25H,1-3,12-14H2/q+1. The van der Waals surface area contributed by atoms with E-state index in [0.717, 1.165) is 53.7 Å². The minimum Gasteiger partial charge on any atom is -0.362 e. The fourth-order valence-electron chi connectivity index (χ4n) is 3.88. The Bertz CT molecular complexity index is 803. The van der Waals surface area contributed by atoms with Gasteiger partial charge >= 0.3 is 0 Å². The number of nitrogens with zero attached hydrogens (tertiary/aromatic N) is 2. The van der Waals surface area contributed by atoms with Gasteiger partial charge in [0.25, 0.3) is 0 Å². The van der Waals surface area contributed by atoms with Gasteiger partial charge in [-0.25, -0.2) is 4.39 Å². The maximum atomic E-state index is 13.3. The Balaban J connectivity index is 1.79. The molecule has 0 aliphatic carbocycles. The summed E-state index contributed by atoms with van der Waals surface area (Å²) in [5, 5.41) is 13.7. The summed E-state index contributed by atoms with van der Waals surface area (Å²) >= 11 is 3.46. The van der Waals surface area contributed by atoms with E-state index in [9.17, 15) is 9.50 Å². The van der Waals surface area contributed by atoms with E-state index >= 15 is 0 Å². The average Bonchev–Trinajstić information content (AvgIpc) is 2.78. The first-order valence-corrected chi connectivity index (χ1v) is 9.52. The molecule has 2 aromatic rings. The van der Waals surface area contributed by atoms with E-state index in [4.69, 9.17) is 0 Å². The molecular formula is C20H21BrFN2O+. The van der Waals surface area contributed by atoms with Gasteiger partial charge in [0.15, 0.2) is 6.54 Å². The quantitative estimate of drug-likeness (QED) is 0.765. The number of aliphatic hydroxyl groups is 1. The minimum atomic E-state index is -1.06. The predicted octanol–water partition coefficient (Wildman–Crippen LogP) is 4.04. The van der Waals surface area contributed by atoms with Crippen LogP contribution < -0.4 is 0 Å². The lowest BCUT2D eigenvalue weighted by atomic mass is 9.94. The summed E-state index contributed by atoms with van der Waals surface area (Å²) in [7, 11) is 0. The fourth-order valence-corrected chi connectivity index (χ4v) is 4.15. The van der Waals surface area contributed by atoms with Crippen molar-refractivity contribution in [2.75, 3.05) is 13.1 Å². The molecule has 2 aliphatic heterocycles. The second-order valence-corrected chi connectivity index (χ2v) is 7.68. The van der Waals surface area contributed by atoms with Gasteiger partial charge in [-0.1, -0.05) is 28.1 Å². The molecule has 1 atom stereocenters. The van der Waals surface area contributed by atoms with Crippen LogP contribution in [-0.4, -0.2) is 33.6 Å². The van der Waals surface area contributed by atoms with Gasteiger partial charge in [0.1, 0.15) is 5.82 Å². The van der Waals surface area contributed by atoms with Gasteiger partial charge in [0.05, 0.1) is 13.0 Å². The molecule has 3 nitrogen and oxygen atoms in total. The maximum Gasteiger partial charge on any atom is 0.225 e. The first-order chi connectivity index (χ1) is 12.1. The first kappa shape index (κ1) is 16.7. The molecule has 130 valence electrons. The lowest BCUT2D eigenvalue weighted by molar-refractivity contribution is -0.706. The van der Waals surface area contributed by atoms with E-state index in [-0.39, 0.29) is 5.82 Å². The van der Waals surface area contributed by atoms with Crippen LogP contribution in [0.15, 0.2) is 53.0 Å². The van der Waals surface area contributed by atoms with E-state index < -0.39 is 5.72 Å². The van der Waals surface area contributed by atoms with Gasteiger partial charge in [-0.2, -0.15) is 0 Å². The highest BCUT2D eigenvalue weighted by Gasteiger charge is 2.52. The first-order valence-electron chi connectivity index (χ1n) is 8.73. The Morgan fingerprint density at radius 1 is 1.00 bits per heavy atom. The zero-order valence-corrected chi connectivity index (χ0v) is 15.5. The molecule has 0 spiro atoms. The van der Waals surface area contributed by atoms with Crippen molar-refractivity contribution in [3.63, 3.8) is 0 Å². The lowest BCUT2D eigenvalue weighted by Crippen LogP contribution is -2.46. The van der Waals surface area contributed by atoms with Crippen LogP contribution in [0, 0.1) is 5.82 Å². The summed E-state index contributed by atoms with van der Waals surface area (Å²) in [5.41, 5.74) is 1.86. The van der Waals surface area contributed by atoms with E-state index in [0.29, 0.717) is 6.42 Å². The molecule has 1 fully saturated rings. The van der Waals surface area contributed by atoms with Crippen LogP contribution in [0.25, 0.3) is 0 Å². The van der Waals surface area contributed by atoms with Crippen molar-refractivity contribution in [1.29, 1.82) is 0 Å². The van der Waals surface area contributed by atoms with Crippen LogP contribution in [0.4, 0.5) is 4.39 Å². The zero-order chi connectivity index (χ0) is 17.4. The molecule has 1 unspecified atom stereocenters. The lowest BCUT2D eigenvalue weighted by Gasteiger charge is -2.30. The monoisotopic (exact) mass is 403 g/mol. The van der Waals surface area contributed by atoms with Crippen LogP contribution >= 0.6 is 15.9 Å². The molecule has 5 heteroatoms. The van der Waals surface area contributed by atoms with Gasteiger partial charge in [0.2, 0.25) is 11.4 Å². The summed E-state index contributed by atoms with van der Waals surface area (Å²) in [6.45, 7) is 1.70. The molecule has 0 saturated carbocycles. The highest BCUT2D eigenvalue weighted by atomic mass is 79.9. The Hall–Kier alpha value is -1.72. The molecule has 2 aliphatic rings. The third-order valence-electron chi connectivity index (χ3n) is 5.17. The number of halogens is 2. The van der Waals surface area contributed by atoms with Crippen molar-refractivity contribution in [3.05, 3.63) is 69.9 Å². The number of hydrazine groups is 1. The van der Waals surface area contributed by atoms with Crippen LogP contribution in [0.3, 0.4) is 0 Å². The molecule has 1 saturated heterocycles. The average molecular weight is 404 g/mol. The van der Waals surface area contributed by atoms with Gasteiger partial charge in [-0.05, 0) is 49.2 Å². The Labute approximate surface area is 155 Å². The van der Waals surface area contributed by atoms with E-state index in [1.807, 2.05) is 24.3 Å². The SMILES string of the molecule is OC1(c2ccc(Br)cc2)CC(c2ccc(F)cc2)=[N+]2CCCCCN21. The predicted molar refractivity (Wildman–Crippen MR) is 98.8 cm³/mol. The van der Waals surface area contributed by atoms with Crippen molar-refractivity contribution in [1.82, 2.24) is 5.01 Å². The molecule has 2 heterocycles. The van der Waals surface area contributed by atoms with Gasteiger partial charge in [-0.3, -0.25) is 0 Å². The third kappa shape index (κ3) is 3.00. The fraction of sp³-hybridized carbons (Fsp3) is 0.350. The second-order valence-electron chi connectivity index (χ2n) is 6.76. The highest BCUT2D eigenvalue weighted by molar-refractivity contribution is 9.10. The van der Waals surface area contributed by atoms with Crippen molar-refractivity contribution >= 4 is 21.6 Å². The third-order valence-corrected chi connectivity index (χ3v) is 5.70. The maximum absolute atomic E-state index is 13.3. The van der Waals surface area contributed by atoms with Crippen molar-refractivity contribution < 1.29 is 14.2 Å². The van der Waals surface area contributed by atoms with Gasteiger partial charge in [0, 0.05) is 22.0 Å². The van der Waals surface area contributed by atoms with Crippen molar-refractivity contribution in [3.8, 4) is 0 Å². The summed E-state index contributed by atoms with van der Waals surface area (Å²) in [4.78, 5) is 0. The van der Waals surface area contributed by atoms with Crippen molar-refractivity contribution in [2.45, 2.75) is 31.4 Å². The summed E-state index contributed by atoms with van der Waals surface area (Å²) < 4.78 is 16.5. The number of rotatable bonds is 2. The van der Waals surface area contributed by atoms with Crippen LogP contribution in [0.2, 0.25) is 0 Å². The normalized spacial score (nSPS) is 23.6. The summed E-state index contributed by atoms with van der Waals surface area (Å²) in [6.07, 6.45) is 3.81. The molecular weight excluding hydrogens is 383 g/mol. The van der Waals surface area contributed by atoms with Crippen molar-refractivity contribution in [2.24, 2.45) is 0 Å². The summed E-state index contributed by atoms with van der Waals surface area (Å²) in [6, 6.07) is 14.5. The Kier molecular flexibility index (Phi) is 4.38. The van der Waals surface area contributed by atoms with Crippen LogP contribution in [0.5, 0.6) is 0 Å². The molecule has 0 amide bonds. The smallest absolute Gasteiger partial charge is 0.225 e. The van der Waals surface area contributed by atoms with Gasteiger partial charge in [-0.15, -0.1) is 9.69 Å². The molecule has 2 aromatic carbocycles. The molecule has 0 bridgehead atoms. The highest BCUT2D eigenvalue weighted by Crippen LogP contribution is 2.38. The number of hydrogen-bond donors (Lipinski definition) is 1. The van der Waals surface area contributed by atoms with E-state index in [1.54, 1.807) is 12.1 Å². The second kappa shape index (κ2) is 6.54. The Morgan fingerprint density at radius 2 is 1.72 bits per heavy atom.